The molecule has 0 bridgehead atoms. The van der Waals surface area contributed by atoms with Gasteiger partial charge in [0.1, 0.15) is 5.65 Å². The van der Waals surface area contributed by atoms with Crippen LogP contribution >= 0.6 is 15.9 Å². The second-order valence-corrected chi connectivity index (χ2v) is 3.72. The molecule has 2 rings (SSSR count). The van der Waals surface area contributed by atoms with E-state index in [-0.39, 0.29) is 60.4 Å². The second-order valence-electron chi connectivity index (χ2n) is 2.81. The molecule has 2 aromatic heterocycles. The normalized spacial score (nSPS) is 8.12. The molecule has 1 N–H and O–H groups in total. The van der Waals surface area contributed by atoms with E-state index < -0.39 is 0 Å². The van der Waals surface area contributed by atoms with Crippen LogP contribution in [0.3, 0.4) is 0 Å². The van der Waals surface area contributed by atoms with Gasteiger partial charge in [-0.3, -0.25) is 4.79 Å². The van der Waals surface area contributed by atoms with Crippen LogP contribution in [0.5, 0.6) is 0 Å². The van der Waals surface area contributed by atoms with E-state index in [1.54, 1.807) is 19.3 Å². The number of halogens is 4. The maximum Gasteiger partial charge on any atom is 3.00 e. The standard InChI is InChI=1S/C9H7BrN2O.Al.3ClH/c1-5(13)8-4-12-9-7(8)2-6(10)3-11-9;;;;/h2-4H,1H3,(H,11,12);;3*1H/q;+3;;;/p-3. The van der Waals surface area contributed by atoms with Gasteiger partial charge in [-0.2, -0.15) is 0 Å². The van der Waals surface area contributed by atoms with Crippen LogP contribution in [0.25, 0.3) is 11.0 Å². The Morgan fingerprint density at radius 2 is 1.94 bits per heavy atom. The third-order valence-electron chi connectivity index (χ3n) is 1.88. The maximum absolute atomic E-state index is 11.2. The molecule has 0 saturated carbocycles. The van der Waals surface area contributed by atoms with Gasteiger partial charge in [-0.1, -0.05) is 0 Å². The van der Waals surface area contributed by atoms with Gasteiger partial charge in [-0.15, -0.1) is 0 Å². The number of rotatable bonds is 1. The van der Waals surface area contributed by atoms with E-state index >= 15 is 0 Å². The largest absolute Gasteiger partial charge is 3.00 e. The summed E-state index contributed by atoms with van der Waals surface area (Å²) in [7, 11) is 0. The summed E-state index contributed by atoms with van der Waals surface area (Å²) >= 11 is 3.31. The smallest absolute Gasteiger partial charge is 1.00 e. The Bertz CT molecular complexity index is 492. The Morgan fingerprint density at radius 3 is 2.47 bits per heavy atom. The number of aromatic amines is 1. The van der Waals surface area contributed by atoms with Crippen molar-refractivity contribution < 1.29 is 42.0 Å². The fourth-order valence-corrected chi connectivity index (χ4v) is 1.60. The first-order chi connectivity index (χ1) is 6.18. The van der Waals surface area contributed by atoms with Gasteiger partial charge >= 0.3 is 17.4 Å². The molecular weight excluding hydrogens is 365 g/mol. The van der Waals surface area contributed by atoms with Crippen LogP contribution < -0.4 is 37.2 Å². The molecule has 90 valence electrons. The van der Waals surface area contributed by atoms with E-state index in [0.717, 1.165) is 15.5 Å². The van der Waals surface area contributed by atoms with E-state index in [1.165, 1.54) is 0 Å². The molecule has 0 fully saturated rings. The van der Waals surface area contributed by atoms with Crippen molar-refractivity contribution in [1.29, 1.82) is 0 Å². The molecular formula is C9H7AlBrCl3N2O. The number of nitrogens with zero attached hydrogens (tertiary/aromatic N) is 1. The van der Waals surface area contributed by atoms with Crippen molar-refractivity contribution in [1.82, 2.24) is 9.97 Å². The van der Waals surface area contributed by atoms with E-state index in [9.17, 15) is 4.79 Å². The van der Waals surface area contributed by atoms with Gasteiger partial charge in [0.25, 0.3) is 0 Å². The van der Waals surface area contributed by atoms with E-state index in [1.807, 2.05) is 6.07 Å². The van der Waals surface area contributed by atoms with Crippen LogP contribution in [-0.2, 0) is 0 Å². The molecule has 8 heteroatoms. The number of Topliss-reactive ketones (excluding diaryl/α,β-unsaturated/α-hetero) is 1. The van der Waals surface area contributed by atoms with Crippen LogP contribution in [0.4, 0.5) is 0 Å². The number of carbonyl (C=O) groups is 1. The molecule has 0 saturated heterocycles. The van der Waals surface area contributed by atoms with Crippen molar-refractivity contribution in [3.05, 3.63) is 28.5 Å². The van der Waals surface area contributed by atoms with Crippen molar-refractivity contribution in [2.75, 3.05) is 0 Å². The number of hydrogen-bond donors (Lipinski definition) is 1. The van der Waals surface area contributed by atoms with Crippen molar-refractivity contribution in [3.63, 3.8) is 0 Å². The quantitative estimate of drug-likeness (QED) is 0.400. The van der Waals surface area contributed by atoms with Gasteiger partial charge in [0.15, 0.2) is 5.78 Å². The molecule has 2 aromatic rings. The summed E-state index contributed by atoms with van der Waals surface area (Å²) in [5, 5.41) is 0.863. The molecule has 0 aliphatic heterocycles. The molecule has 17 heavy (non-hydrogen) atoms. The third kappa shape index (κ3) is 4.78. The molecule has 2 heterocycles. The molecule has 0 spiro atoms. The maximum atomic E-state index is 11.2. The Labute approximate surface area is 137 Å². The fourth-order valence-electron chi connectivity index (χ4n) is 1.27. The van der Waals surface area contributed by atoms with Gasteiger partial charge < -0.3 is 42.2 Å². The summed E-state index contributed by atoms with van der Waals surface area (Å²) < 4.78 is 0.877. The summed E-state index contributed by atoms with van der Waals surface area (Å²) in [6.45, 7) is 1.55. The van der Waals surface area contributed by atoms with Gasteiger partial charge in [-0.25, -0.2) is 4.98 Å². The van der Waals surface area contributed by atoms with E-state index in [2.05, 4.69) is 25.9 Å². The van der Waals surface area contributed by atoms with Gasteiger partial charge in [-0.05, 0) is 28.9 Å². The summed E-state index contributed by atoms with van der Waals surface area (Å²) in [5.74, 6) is 0.0474. The Morgan fingerprint density at radius 1 is 1.35 bits per heavy atom. The van der Waals surface area contributed by atoms with Crippen LogP contribution in [0, 0.1) is 0 Å². The van der Waals surface area contributed by atoms with Crippen LogP contribution in [0.1, 0.15) is 17.3 Å². The molecule has 0 unspecified atom stereocenters. The number of H-pyrrole nitrogens is 1. The van der Waals surface area contributed by atoms with Crippen molar-refractivity contribution in [2.45, 2.75) is 6.92 Å². The molecule has 0 aliphatic rings. The first-order valence-corrected chi connectivity index (χ1v) is 4.61. The molecule has 0 amide bonds. The molecule has 0 radical (unpaired) electrons. The average Bonchev–Trinajstić information content (AvgIpc) is 2.46. The summed E-state index contributed by atoms with van der Waals surface area (Å²) in [6.07, 6.45) is 3.38. The number of pyridine rings is 1. The third-order valence-corrected chi connectivity index (χ3v) is 2.31. The van der Waals surface area contributed by atoms with Crippen LogP contribution in [-0.4, -0.2) is 33.1 Å². The minimum atomic E-state index is 0. The SMILES string of the molecule is CC(=O)c1c[nH]c2ncc(Br)cc12.[Al+3].[Cl-].[Cl-].[Cl-]. The number of aromatic nitrogens is 2. The predicted molar refractivity (Wildman–Crippen MR) is 59.6 cm³/mol. The Kier molecular flexibility index (Phi) is 12.1. The van der Waals surface area contributed by atoms with E-state index in [0.29, 0.717) is 5.56 Å². The van der Waals surface area contributed by atoms with Crippen molar-refractivity contribution >= 4 is 50.1 Å². The average molecular weight is 372 g/mol. The zero-order valence-electron chi connectivity index (χ0n) is 8.68. The summed E-state index contributed by atoms with van der Waals surface area (Å²) in [6, 6.07) is 1.88. The van der Waals surface area contributed by atoms with Gasteiger partial charge in [0.2, 0.25) is 0 Å². The van der Waals surface area contributed by atoms with Gasteiger partial charge in [0, 0.05) is 27.8 Å². The molecule has 0 atom stereocenters. The minimum absolute atomic E-state index is 0. The summed E-state index contributed by atoms with van der Waals surface area (Å²) in [5.41, 5.74) is 1.43. The molecule has 0 aliphatic carbocycles. The topological polar surface area (TPSA) is 45.8 Å². The number of nitrogens with one attached hydrogen (secondary N) is 1. The van der Waals surface area contributed by atoms with Crippen LogP contribution in [0.15, 0.2) is 22.9 Å². The van der Waals surface area contributed by atoms with Crippen molar-refractivity contribution in [3.8, 4) is 0 Å². The number of hydrogen-bond acceptors (Lipinski definition) is 2. The summed E-state index contributed by atoms with van der Waals surface area (Å²) in [4.78, 5) is 18.2. The fraction of sp³-hybridized carbons (Fsp3) is 0.111. The van der Waals surface area contributed by atoms with Gasteiger partial charge in [0.05, 0.1) is 0 Å². The Balaban J connectivity index is -0.000000490. The number of ketones is 1. The first kappa shape index (κ1) is 22.4. The van der Waals surface area contributed by atoms with E-state index in [4.69, 9.17) is 0 Å². The molecule has 0 aromatic carbocycles. The minimum Gasteiger partial charge on any atom is -1.00 e. The zero-order chi connectivity index (χ0) is 9.42. The van der Waals surface area contributed by atoms with Crippen molar-refractivity contribution in [2.24, 2.45) is 0 Å². The van der Waals surface area contributed by atoms with Crippen LogP contribution in [0.2, 0.25) is 0 Å². The predicted octanol–water partition coefficient (Wildman–Crippen LogP) is -6.84. The monoisotopic (exact) mass is 370 g/mol. The number of fused-ring (bicyclic) bond motifs is 1. The first-order valence-electron chi connectivity index (χ1n) is 3.82. The zero-order valence-corrected chi connectivity index (χ0v) is 13.7. The molecule has 3 nitrogen and oxygen atoms in total. The Hall–Kier alpha value is 0.242. The number of carbonyl (C=O) groups excluding carboxylic acids is 1. The second kappa shape index (κ2) is 9.21.